The average Bonchev–Trinajstić information content (AvgIpc) is 2.37. The molecule has 5 nitrogen and oxygen atoms in total. The molecule has 0 aliphatic heterocycles. The second-order valence-corrected chi connectivity index (χ2v) is 5.85. The van der Waals surface area contributed by atoms with E-state index in [-0.39, 0.29) is 5.37 Å². The first kappa shape index (κ1) is 17.6. The number of hydrogen-bond donors (Lipinski definition) is 0. The third kappa shape index (κ3) is 5.07. The lowest BCUT2D eigenvalue weighted by atomic mass is 10.2. The molecule has 0 aliphatic carbocycles. The van der Waals surface area contributed by atoms with Gasteiger partial charge in [0.25, 0.3) is 0 Å². The highest BCUT2D eigenvalue weighted by Crippen LogP contribution is 2.21. The van der Waals surface area contributed by atoms with E-state index < -0.39 is 18.0 Å². The summed E-state index contributed by atoms with van der Waals surface area (Å²) in [5.41, 5.74) is 0. The molecule has 0 aliphatic rings. The highest BCUT2D eigenvalue weighted by atomic mass is 32.2. The van der Waals surface area contributed by atoms with Crippen LogP contribution in [0.1, 0.15) is 6.92 Å². The molecule has 7 heteroatoms. The van der Waals surface area contributed by atoms with E-state index in [2.05, 4.69) is 9.47 Å². The zero-order valence-corrected chi connectivity index (χ0v) is 13.1. The van der Waals surface area contributed by atoms with Gasteiger partial charge in [-0.05, 0) is 19.1 Å². The zero-order valence-electron chi connectivity index (χ0n) is 11.5. The first-order valence-corrected chi connectivity index (χ1v) is 7.95. The third-order valence-electron chi connectivity index (χ3n) is 2.38. The molecular formula is C11H21NO4S2. The third-order valence-corrected chi connectivity index (χ3v) is 4.46. The Morgan fingerprint density at radius 1 is 1.22 bits per heavy atom. The van der Waals surface area contributed by atoms with Crippen LogP contribution in [0, 0.1) is 0 Å². The van der Waals surface area contributed by atoms with Gasteiger partial charge in [-0.3, -0.25) is 4.90 Å². The molecule has 0 N–H and O–H groups in total. The summed E-state index contributed by atoms with van der Waals surface area (Å²) >= 11 is 3.35. The van der Waals surface area contributed by atoms with Crippen molar-refractivity contribution in [2.45, 2.75) is 18.3 Å². The molecule has 0 aromatic carbocycles. The van der Waals surface area contributed by atoms with Crippen LogP contribution >= 0.6 is 23.5 Å². The summed E-state index contributed by atoms with van der Waals surface area (Å²) in [7, 11) is 4.27. The number of rotatable bonds is 8. The van der Waals surface area contributed by atoms with Crippen molar-refractivity contribution in [1.29, 1.82) is 0 Å². The van der Waals surface area contributed by atoms with E-state index in [1.807, 2.05) is 13.2 Å². The van der Waals surface area contributed by atoms with E-state index in [9.17, 15) is 9.59 Å². The van der Waals surface area contributed by atoms with Crippen LogP contribution in [0.25, 0.3) is 0 Å². The van der Waals surface area contributed by atoms with E-state index in [0.29, 0.717) is 0 Å². The van der Waals surface area contributed by atoms with Gasteiger partial charge < -0.3 is 9.47 Å². The van der Waals surface area contributed by atoms with Crippen molar-refractivity contribution in [2.24, 2.45) is 0 Å². The Labute approximate surface area is 117 Å². The summed E-state index contributed by atoms with van der Waals surface area (Å²) in [4.78, 5) is 25.1. The van der Waals surface area contributed by atoms with Gasteiger partial charge in [0.2, 0.25) is 6.04 Å². The maximum Gasteiger partial charge on any atom is 0.334 e. The fourth-order valence-electron chi connectivity index (χ4n) is 1.44. The second kappa shape index (κ2) is 9.52. The molecular weight excluding hydrogens is 274 g/mol. The normalized spacial score (nSPS) is 12.6. The summed E-state index contributed by atoms with van der Waals surface area (Å²) in [6.07, 6.45) is 1.99. The Bertz CT molecular complexity index is 254. The molecule has 0 bridgehead atoms. The van der Waals surface area contributed by atoms with Crippen molar-refractivity contribution < 1.29 is 19.1 Å². The minimum Gasteiger partial charge on any atom is -0.467 e. The first-order chi connectivity index (χ1) is 8.53. The Morgan fingerprint density at radius 2 is 1.72 bits per heavy atom. The van der Waals surface area contributed by atoms with Crippen molar-refractivity contribution in [3.8, 4) is 0 Å². The number of nitrogens with zero attached hydrogens (tertiary/aromatic N) is 1. The van der Waals surface area contributed by atoms with E-state index >= 15 is 0 Å². The molecule has 0 fully saturated rings. The maximum atomic E-state index is 11.7. The molecule has 106 valence electrons. The molecule has 0 saturated carbocycles. The van der Waals surface area contributed by atoms with E-state index in [0.717, 1.165) is 11.5 Å². The van der Waals surface area contributed by atoms with Crippen molar-refractivity contribution in [3.05, 3.63) is 0 Å². The van der Waals surface area contributed by atoms with Gasteiger partial charge in [0.05, 0.1) is 19.6 Å². The number of methoxy groups -OCH3 is 2. The SMILES string of the molecule is CCSC(CSC)N(C)C(C(=O)OC)C(=O)OC. The van der Waals surface area contributed by atoms with Gasteiger partial charge in [0, 0.05) is 5.75 Å². The average molecular weight is 295 g/mol. The van der Waals surface area contributed by atoms with Crippen molar-refractivity contribution >= 4 is 35.5 Å². The maximum absolute atomic E-state index is 11.7. The van der Waals surface area contributed by atoms with Crippen LogP contribution in [0.15, 0.2) is 0 Å². The number of likely N-dealkylation sites (N-methyl/N-ethyl adjacent to an activating group) is 1. The molecule has 0 saturated heterocycles. The molecule has 0 aromatic rings. The summed E-state index contributed by atoms with van der Waals surface area (Å²) in [5.74, 6) is 0.545. The van der Waals surface area contributed by atoms with Crippen LogP contribution in [0.5, 0.6) is 0 Å². The summed E-state index contributed by atoms with van der Waals surface area (Å²) in [6.45, 7) is 2.04. The lowest BCUT2D eigenvalue weighted by Crippen LogP contribution is -2.50. The first-order valence-electron chi connectivity index (χ1n) is 5.51. The van der Waals surface area contributed by atoms with Gasteiger partial charge in [0.15, 0.2) is 0 Å². The zero-order chi connectivity index (χ0) is 14.1. The van der Waals surface area contributed by atoms with Gasteiger partial charge >= 0.3 is 11.9 Å². The van der Waals surface area contributed by atoms with E-state index in [4.69, 9.17) is 0 Å². The van der Waals surface area contributed by atoms with Crippen LogP contribution < -0.4 is 0 Å². The van der Waals surface area contributed by atoms with Gasteiger partial charge in [-0.1, -0.05) is 6.92 Å². The minimum absolute atomic E-state index is 0.0631. The predicted molar refractivity (Wildman–Crippen MR) is 75.9 cm³/mol. The largest absolute Gasteiger partial charge is 0.467 e. The smallest absolute Gasteiger partial charge is 0.334 e. The number of carbonyl (C=O) groups excluding carboxylic acids is 2. The Morgan fingerprint density at radius 3 is 2.06 bits per heavy atom. The number of esters is 2. The van der Waals surface area contributed by atoms with Crippen LogP contribution in [-0.4, -0.2) is 67.3 Å². The fourth-order valence-corrected chi connectivity index (χ4v) is 3.49. The van der Waals surface area contributed by atoms with Gasteiger partial charge in [-0.25, -0.2) is 9.59 Å². The Hall–Kier alpha value is -0.400. The van der Waals surface area contributed by atoms with E-state index in [1.165, 1.54) is 14.2 Å². The van der Waals surface area contributed by atoms with Gasteiger partial charge in [-0.2, -0.15) is 11.8 Å². The van der Waals surface area contributed by atoms with Gasteiger partial charge in [0.1, 0.15) is 0 Å². The number of ether oxygens (including phenoxy) is 2. The van der Waals surface area contributed by atoms with Crippen molar-refractivity contribution in [3.63, 3.8) is 0 Å². The monoisotopic (exact) mass is 295 g/mol. The molecule has 0 aromatic heterocycles. The number of carbonyl (C=O) groups is 2. The van der Waals surface area contributed by atoms with Crippen LogP contribution in [0.3, 0.4) is 0 Å². The quantitative estimate of drug-likeness (QED) is 0.377. The summed E-state index contributed by atoms with van der Waals surface area (Å²) < 4.78 is 9.33. The molecule has 0 amide bonds. The Kier molecular flexibility index (Phi) is 9.31. The molecule has 0 heterocycles. The van der Waals surface area contributed by atoms with Crippen molar-refractivity contribution in [1.82, 2.24) is 4.90 Å². The molecule has 0 rings (SSSR count). The van der Waals surface area contributed by atoms with Crippen LogP contribution in [0.4, 0.5) is 0 Å². The summed E-state index contributed by atoms with van der Waals surface area (Å²) in [6, 6.07) is -1.00. The number of hydrogen-bond acceptors (Lipinski definition) is 7. The molecule has 1 atom stereocenters. The van der Waals surface area contributed by atoms with Crippen LogP contribution in [-0.2, 0) is 19.1 Å². The predicted octanol–water partition coefficient (Wildman–Crippen LogP) is 1.07. The molecule has 0 spiro atoms. The molecule has 18 heavy (non-hydrogen) atoms. The number of thioether (sulfide) groups is 2. The minimum atomic E-state index is -1.00. The molecule has 1 unspecified atom stereocenters. The van der Waals surface area contributed by atoms with Crippen LogP contribution in [0.2, 0.25) is 0 Å². The van der Waals surface area contributed by atoms with Crippen molar-refractivity contribution in [2.75, 3.05) is 39.0 Å². The summed E-state index contributed by atoms with van der Waals surface area (Å²) in [5, 5.41) is 0.0631. The lowest BCUT2D eigenvalue weighted by molar-refractivity contribution is -0.160. The fraction of sp³-hybridized carbons (Fsp3) is 0.818. The molecule has 0 radical (unpaired) electrons. The lowest BCUT2D eigenvalue weighted by Gasteiger charge is -2.30. The standard InChI is InChI=1S/C11H21NO4S2/c1-6-18-8(7-17-5)12(2)9(10(13)15-3)11(14)16-4/h8-9H,6-7H2,1-5H3. The second-order valence-electron chi connectivity index (χ2n) is 3.48. The highest BCUT2D eigenvalue weighted by molar-refractivity contribution is 8.03. The highest BCUT2D eigenvalue weighted by Gasteiger charge is 2.36. The van der Waals surface area contributed by atoms with E-state index in [1.54, 1.807) is 35.5 Å². The topological polar surface area (TPSA) is 55.8 Å². The van der Waals surface area contributed by atoms with Gasteiger partial charge in [-0.15, -0.1) is 11.8 Å². The Balaban J connectivity index is 4.94.